The monoisotopic (exact) mass is 390 g/mol. The minimum atomic E-state index is -0.125. The molecule has 29 heavy (non-hydrogen) atoms. The number of carbonyl (C=O) groups excluding carboxylic acids is 1. The number of ether oxygens (including phenoxy) is 2. The van der Waals surface area contributed by atoms with Gasteiger partial charge in [0.25, 0.3) is 0 Å². The van der Waals surface area contributed by atoms with E-state index >= 15 is 0 Å². The molecule has 0 fully saturated rings. The van der Waals surface area contributed by atoms with Gasteiger partial charge in [0.05, 0.1) is 19.8 Å². The maximum Gasteiger partial charge on any atom is 0.243 e. The molecule has 3 aromatic carbocycles. The Labute approximate surface area is 171 Å². The second kappa shape index (κ2) is 10.8. The van der Waals surface area contributed by atoms with Gasteiger partial charge in [-0.1, -0.05) is 36.4 Å². The van der Waals surface area contributed by atoms with Crippen LogP contribution >= 0.6 is 0 Å². The molecule has 0 atom stereocenters. The Morgan fingerprint density at radius 1 is 0.828 bits per heavy atom. The van der Waals surface area contributed by atoms with E-state index in [1.807, 2.05) is 73.7 Å². The van der Waals surface area contributed by atoms with Crippen LogP contribution in [-0.4, -0.2) is 25.7 Å². The number of amides is 1. The molecule has 3 aromatic rings. The van der Waals surface area contributed by atoms with E-state index in [0.717, 1.165) is 23.6 Å². The van der Waals surface area contributed by atoms with Crippen molar-refractivity contribution in [3.05, 3.63) is 84.4 Å². The summed E-state index contributed by atoms with van der Waals surface area (Å²) in [6, 6.07) is 25.2. The maximum atomic E-state index is 12.2. The van der Waals surface area contributed by atoms with Crippen molar-refractivity contribution in [2.24, 2.45) is 0 Å². The number of hydrogen-bond acceptors (Lipinski definition) is 4. The van der Waals surface area contributed by atoms with Crippen LogP contribution in [0.5, 0.6) is 11.5 Å². The van der Waals surface area contributed by atoms with Crippen molar-refractivity contribution in [3.8, 4) is 11.5 Å². The first-order valence-electron chi connectivity index (χ1n) is 9.76. The van der Waals surface area contributed by atoms with Crippen molar-refractivity contribution < 1.29 is 14.3 Å². The van der Waals surface area contributed by atoms with Crippen LogP contribution in [-0.2, 0) is 11.2 Å². The topological polar surface area (TPSA) is 59.6 Å². The first-order chi connectivity index (χ1) is 14.2. The van der Waals surface area contributed by atoms with Crippen LogP contribution in [0.25, 0.3) is 0 Å². The summed E-state index contributed by atoms with van der Waals surface area (Å²) in [6.07, 6.45) is 0.837. The Morgan fingerprint density at radius 2 is 1.62 bits per heavy atom. The largest absolute Gasteiger partial charge is 0.494 e. The molecule has 2 N–H and O–H groups in total. The van der Waals surface area contributed by atoms with Gasteiger partial charge in [0.15, 0.2) is 0 Å². The first kappa shape index (κ1) is 20.3. The van der Waals surface area contributed by atoms with Gasteiger partial charge < -0.3 is 20.1 Å². The fraction of sp³-hybridized carbons (Fsp3) is 0.208. The van der Waals surface area contributed by atoms with Crippen molar-refractivity contribution in [2.75, 3.05) is 30.4 Å². The van der Waals surface area contributed by atoms with Crippen molar-refractivity contribution in [1.29, 1.82) is 0 Å². The van der Waals surface area contributed by atoms with Crippen LogP contribution in [0.15, 0.2) is 78.9 Å². The molecule has 0 aliphatic rings. The van der Waals surface area contributed by atoms with Gasteiger partial charge in [0, 0.05) is 23.9 Å². The zero-order valence-corrected chi connectivity index (χ0v) is 16.6. The molecule has 1 amide bonds. The third kappa shape index (κ3) is 6.88. The van der Waals surface area contributed by atoms with Crippen LogP contribution in [0.2, 0.25) is 0 Å². The number of hydrogen-bond donors (Lipinski definition) is 2. The Bertz CT molecular complexity index is 896. The Hall–Kier alpha value is -3.47. The number of rotatable bonds is 10. The fourth-order valence-electron chi connectivity index (χ4n) is 2.82. The lowest BCUT2D eigenvalue weighted by Gasteiger charge is -2.11. The molecule has 5 nitrogen and oxygen atoms in total. The van der Waals surface area contributed by atoms with Gasteiger partial charge in [-0.25, -0.2) is 0 Å². The lowest BCUT2D eigenvalue weighted by Crippen LogP contribution is -2.21. The van der Waals surface area contributed by atoms with Crippen molar-refractivity contribution in [1.82, 2.24) is 0 Å². The summed E-state index contributed by atoms with van der Waals surface area (Å²) in [7, 11) is 0. The molecule has 0 saturated carbocycles. The first-order valence-corrected chi connectivity index (χ1v) is 9.76. The smallest absolute Gasteiger partial charge is 0.243 e. The SMILES string of the molecule is CCOc1ccc(NCC(=O)Nc2cccc(OCCc3ccccc3)c2)cc1. The zero-order chi connectivity index (χ0) is 20.3. The molecule has 150 valence electrons. The molecule has 0 saturated heterocycles. The maximum absolute atomic E-state index is 12.2. The predicted molar refractivity (Wildman–Crippen MR) is 117 cm³/mol. The van der Waals surface area contributed by atoms with Crippen molar-refractivity contribution >= 4 is 17.3 Å². The molecule has 0 aliphatic carbocycles. The number of benzene rings is 3. The molecule has 0 spiro atoms. The normalized spacial score (nSPS) is 10.2. The zero-order valence-electron chi connectivity index (χ0n) is 16.6. The highest BCUT2D eigenvalue weighted by molar-refractivity contribution is 5.93. The van der Waals surface area contributed by atoms with Crippen LogP contribution in [0, 0.1) is 0 Å². The highest BCUT2D eigenvalue weighted by atomic mass is 16.5. The van der Waals surface area contributed by atoms with Crippen LogP contribution < -0.4 is 20.1 Å². The molecular formula is C24H26N2O3. The van der Waals surface area contributed by atoms with Gasteiger partial charge in [-0.05, 0) is 48.9 Å². The van der Waals surface area contributed by atoms with E-state index in [1.54, 1.807) is 0 Å². The van der Waals surface area contributed by atoms with E-state index in [0.29, 0.717) is 18.9 Å². The van der Waals surface area contributed by atoms with E-state index in [9.17, 15) is 4.79 Å². The highest BCUT2D eigenvalue weighted by Gasteiger charge is 2.04. The third-order valence-electron chi connectivity index (χ3n) is 4.24. The number of anilines is 2. The van der Waals surface area contributed by atoms with E-state index in [4.69, 9.17) is 9.47 Å². The molecule has 0 aromatic heterocycles. The van der Waals surface area contributed by atoms with Crippen LogP contribution in [0.1, 0.15) is 12.5 Å². The minimum absolute atomic E-state index is 0.125. The van der Waals surface area contributed by atoms with Crippen LogP contribution in [0.3, 0.4) is 0 Å². The van der Waals surface area contributed by atoms with E-state index in [-0.39, 0.29) is 12.5 Å². The summed E-state index contributed by atoms with van der Waals surface area (Å²) in [5.41, 5.74) is 2.81. The number of nitrogens with one attached hydrogen (secondary N) is 2. The fourth-order valence-corrected chi connectivity index (χ4v) is 2.82. The second-order valence-corrected chi connectivity index (χ2v) is 6.47. The summed E-state index contributed by atoms with van der Waals surface area (Å²) in [5, 5.41) is 5.99. The Balaban J connectivity index is 1.44. The summed E-state index contributed by atoms with van der Waals surface area (Å²) in [4.78, 5) is 12.2. The lowest BCUT2D eigenvalue weighted by atomic mass is 10.2. The molecule has 0 radical (unpaired) electrons. The van der Waals surface area contributed by atoms with Gasteiger partial charge >= 0.3 is 0 Å². The third-order valence-corrected chi connectivity index (χ3v) is 4.24. The minimum Gasteiger partial charge on any atom is -0.494 e. The summed E-state index contributed by atoms with van der Waals surface area (Å²) in [6.45, 7) is 3.33. The van der Waals surface area contributed by atoms with Crippen LogP contribution in [0.4, 0.5) is 11.4 Å². The molecular weight excluding hydrogens is 364 g/mol. The van der Waals surface area contributed by atoms with Crippen molar-refractivity contribution in [2.45, 2.75) is 13.3 Å². The van der Waals surface area contributed by atoms with Gasteiger partial charge in [-0.15, -0.1) is 0 Å². The number of carbonyl (C=O) groups is 1. The molecule has 5 heteroatoms. The Kier molecular flexibility index (Phi) is 7.52. The van der Waals surface area contributed by atoms with E-state index in [2.05, 4.69) is 22.8 Å². The van der Waals surface area contributed by atoms with Gasteiger partial charge in [-0.2, -0.15) is 0 Å². The Morgan fingerprint density at radius 3 is 2.38 bits per heavy atom. The average molecular weight is 390 g/mol. The standard InChI is InChI=1S/C24H26N2O3/c1-2-28-22-13-11-20(12-14-22)25-18-24(27)26-21-9-6-10-23(17-21)29-16-15-19-7-4-3-5-8-19/h3-14,17,25H,2,15-16,18H2,1H3,(H,26,27). The van der Waals surface area contributed by atoms with E-state index < -0.39 is 0 Å². The van der Waals surface area contributed by atoms with Gasteiger partial charge in [0.1, 0.15) is 11.5 Å². The average Bonchev–Trinajstić information content (AvgIpc) is 2.75. The molecule has 0 heterocycles. The predicted octanol–water partition coefficient (Wildman–Crippen LogP) is 4.76. The summed E-state index contributed by atoms with van der Waals surface area (Å²) >= 11 is 0. The molecule has 0 unspecified atom stereocenters. The van der Waals surface area contributed by atoms with Gasteiger partial charge in [0.2, 0.25) is 5.91 Å². The van der Waals surface area contributed by atoms with E-state index in [1.165, 1.54) is 5.56 Å². The quantitative estimate of drug-likeness (QED) is 0.524. The summed E-state index contributed by atoms with van der Waals surface area (Å²) < 4.78 is 11.2. The van der Waals surface area contributed by atoms with Gasteiger partial charge in [-0.3, -0.25) is 4.79 Å². The lowest BCUT2D eigenvalue weighted by molar-refractivity contribution is -0.114. The summed E-state index contributed by atoms with van der Waals surface area (Å²) in [5.74, 6) is 1.42. The molecule has 0 bridgehead atoms. The molecule has 0 aliphatic heterocycles. The second-order valence-electron chi connectivity index (χ2n) is 6.47. The molecule has 3 rings (SSSR count). The highest BCUT2D eigenvalue weighted by Crippen LogP contribution is 2.18. The van der Waals surface area contributed by atoms with Crippen molar-refractivity contribution in [3.63, 3.8) is 0 Å².